The normalized spacial score (nSPS) is 10.4. The minimum Gasteiger partial charge on any atom is -0.399 e. The molecular formula is C11H12ClN5O2. The van der Waals surface area contributed by atoms with Crippen LogP contribution in [0, 0.1) is 6.92 Å². The average Bonchev–Trinajstić information content (AvgIpc) is 2.73. The molecule has 8 heteroatoms. The minimum atomic E-state index is -0.626. The summed E-state index contributed by atoms with van der Waals surface area (Å²) in [6.07, 6.45) is 0. The number of rotatable bonds is 4. The molecule has 5 N–H and O–H groups in total. The molecule has 1 heterocycles. The van der Waals surface area contributed by atoms with Gasteiger partial charge in [-0.05, 0) is 19.1 Å². The number of nitrogens with two attached hydrogens (primary N) is 2. The van der Waals surface area contributed by atoms with Crippen molar-refractivity contribution < 1.29 is 9.32 Å². The van der Waals surface area contributed by atoms with Gasteiger partial charge in [-0.1, -0.05) is 16.8 Å². The highest BCUT2D eigenvalue weighted by Gasteiger charge is 2.14. The lowest BCUT2D eigenvalue weighted by Crippen LogP contribution is -2.15. The summed E-state index contributed by atoms with van der Waals surface area (Å²) in [4.78, 5) is 15.4. The van der Waals surface area contributed by atoms with Gasteiger partial charge in [0.25, 0.3) is 5.91 Å². The Morgan fingerprint density at radius 2 is 2.26 bits per heavy atom. The van der Waals surface area contributed by atoms with E-state index in [0.717, 1.165) is 0 Å². The predicted molar refractivity (Wildman–Crippen MR) is 70.7 cm³/mol. The van der Waals surface area contributed by atoms with Crippen molar-refractivity contribution in [3.05, 3.63) is 34.4 Å². The molecule has 0 radical (unpaired) electrons. The van der Waals surface area contributed by atoms with Crippen LogP contribution in [0.2, 0.25) is 5.02 Å². The molecule has 100 valence electrons. The summed E-state index contributed by atoms with van der Waals surface area (Å²) in [6, 6.07) is 2.98. The lowest BCUT2D eigenvalue weighted by atomic mass is 10.1. The predicted octanol–water partition coefficient (Wildman–Crippen LogP) is 1.32. The number of nitrogens with zero attached hydrogens (tertiary/aromatic N) is 2. The topological polar surface area (TPSA) is 120 Å². The zero-order chi connectivity index (χ0) is 14.0. The van der Waals surface area contributed by atoms with E-state index in [2.05, 4.69) is 15.5 Å². The second kappa shape index (κ2) is 5.15. The van der Waals surface area contributed by atoms with E-state index < -0.39 is 5.91 Å². The molecule has 0 saturated carbocycles. The molecule has 1 aromatic heterocycles. The lowest BCUT2D eigenvalue weighted by molar-refractivity contribution is 0.100. The van der Waals surface area contributed by atoms with Crippen molar-refractivity contribution in [3.8, 4) is 0 Å². The Bertz CT molecular complexity index is 626. The van der Waals surface area contributed by atoms with Gasteiger partial charge in [0, 0.05) is 5.69 Å². The Balaban J connectivity index is 2.26. The first-order valence-electron chi connectivity index (χ1n) is 5.39. The van der Waals surface area contributed by atoms with Gasteiger partial charge in [0.05, 0.1) is 22.8 Å². The number of carbonyl (C=O) groups is 1. The first-order chi connectivity index (χ1) is 8.97. The molecule has 0 unspecified atom stereocenters. The lowest BCUT2D eigenvalue weighted by Gasteiger charge is -2.11. The molecule has 2 rings (SSSR count). The van der Waals surface area contributed by atoms with E-state index >= 15 is 0 Å². The maximum atomic E-state index is 11.4. The van der Waals surface area contributed by atoms with E-state index in [-0.39, 0.29) is 12.1 Å². The van der Waals surface area contributed by atoms with Crippen LogP contribution in [0.5, 0.6) is 0 Å². The van der Waals surface area contributed by atoms with Crippen molar-refractivity contribution in [1.82, 2.24) is 10.1 Å². The summed E-state index contributed by atoms with van der Waals surface area (Å²) in [6.45, 7) is 1.93. The number of nitrogens with one attached hydrogen (secondary N) is 1. The molecular weight excluding hydrogens is 270 g/mol. The number of nitrogen functional groups attached to an aromatic ring is 1. The number of halogens is 1. The summed E-state index contributed by atoms with van der Waals surface area (Å²) in [5, 5.41) is 6.88. The van der Waals surface area contributed by atoms with E-state index in [9.17, 15) is 4.79 Å². The van der Waals surface area contributed by atoms with Gasteiger partial charge in [0.2, 0.25) is 5.89 Å². The van der Waals surface area contributed by atoms with E-state index in [1.54, 1.807) is 6.92 Å². The molecule has 19 heavy (non-hydrogen) atoms. The summed E-state index contributed by atoms with van der Waals surface area (Å²) in [5.41, 5.74) is 11.9. The van der Waals surface area contributed by atoms with Crippen LogP contribution in [-0.2, 0) is 6.54 Å². The Hall–Kier alpha value is -2.28. The van der Waals surface area contributed by atoms with Crippen LogP contribution < -0.4 is 16.8 Å². The number of benzene rings is 1. The van der Waals surface area contributed by atoms with Gasteiger partial charge in [-0.3, -0.25) is 4.79 Å². The molecule has 0 aliphatic carbocycles. The van der Waals surface area contributed by atoms with Crippen molar-refractivity contribution in [2.24, 2.45) is 5.73 Å². The molecule has 2 aromatic rings. The van der Waals surface area contributed by atoms with Crippen molar-refractivity contribution in [2.75, 3.05) is 11.1 Å². The first kappa shape index (κ1) is 13.2. The van der Waals surface area contributed by atoms with E-state index in [4.69, 9.17) is 27.6 Å². The van der Waals surface area contributed by atoms with Gasteiger partial charge in [-0.25, -0.2) is 0 Å². The Morgan fingerprint density at radius 3 is 2.84 bits per heavy atom. The van der Waals surface area contributed by atoms with Crippen LogP contribution in [-0.4, -0.2) is 16.0 Å². The number of hydrogen-bond acceptors (Lipinski definition) is 6. The van der Waals surface area contributed by atoms with Crippen LogP contribution in [0.15, 0.2) is 16.7 Å². The third kappa shape index (κ3) is 2.94. The minimum absolute atomic E-state index is 0.209. The standard InChI is InChI=1S/C11H12ClN5O2/c1-5-16-9(19-17-5)4-15-10-7(11(14)18)2-6(13)3-8(10)12/h2-3,15H,4,13H2,1H3,(H2,14,18). The second-order valence-electron chi connectivity index (χ2n) is 3.88. The summed E-state index contributed by atoms with van der Waals surface area (Å²) < 4.78 is 4.94. The summed E-state index contributed by atoms with van der Waals surface area (Å²) >= 11 is 6.03. The maximum Gasteiger partial charge on any atom is 0.250 e. The summed E-state index contributed by atoms with van der Waals surface area (Å²) in [5.74, 6) is 0.273. The quantitative estimate of drug-likeness (QED) is 0.727. The number of carbonyl (C=O) groups excluding carboxylic acids is 1. The third-order valence-corrected chi connectivity index (χ3v) is 2.66. The van der Waals surface area contributed by atoms with Crippen LogP contribution in [0.4, 0.5) is 11.4 Å². The highest BCUT2D eigenvalue weighted by atomic mass is 35.5. The van der Waals surface area contributed by atoms with Gasteiger partial charge in [-0.2, -0.15) is 4.98 Å². The van der Waals surface area contributed by atoms with Gasteiger partial charge in [0.15, 0.2) is 5.82 Å². The molecule has 0 aliphatic rings. The molecule has 0 bridgehead atoms. The number of anilines is 2. The highest BCUT2D eigenvalue weighted by molar-refractivity contribution is 6.34. The van der Waals surface area contributed by atoms with Gasteiger partial charge < -0.3 is 21.3 Å². The van der Waals surface area contributed by atoms with Gasteiger partial charge in [-0.15, -0.1) is 0 Å². The zero-order valence-electron chi connectivity index (χ0n) is 10.1. The fraction of sp³-hybridized carbons (Fsp3) is 0.182. The molecule has 1 amide bonds. The van der Waals surface area contributed by atoms with E-state index in [1.807, 2.05) is 0 Å². The molecule has 0 atom stereocenters. The van der Waals surface area contributed by atoms with Gasteiger partial charge >= 0.3 is 0 Å². The Morgan fingerprint density at radius 1 is 1.53 bits per heavy atom. The number of primary amides is 1. The molecule has 0 fully saturated rings. The fourth-order valence-electron chi connectivity index (χ4n) is 1.58. The molecule has 7 nitrogen and oxygen atoms in total. The van der Waals surface area contributed by atoms with Crippen molar-refractivity contribution in [1.29, 1.82) is 0 Å². The van der Waals surface area contributed by atoms with E-state index in [0.29, 0.717) is 28.1 Å². The second-order valence-corrected chi connectivity index (χ2v) is 4.29. The van der Waals surface area contributed by atoms with Crippen LogP contribution in [0.1, 0.15) is 22.1 Å². The van der Waals surface area contributed by atoms with E-state index in [1.165, 1.54) is 12.1 Å². The van der Waals surface area contributed by atoms with Crippen LogP contribution >= 0.6 is 11.6 Å². The third-order valence-electron chi connectivity index (χ3n) is 2.36. The number of aryl methyl sites for hydroxylation is 1. The maximum absolute atomic E-state index is 11.4. The largest absolute Gasteiger partial charge is 0.399 e. The first-order valence-corrected chi connectivity index (χ1v) is 5.77. The number of hydrogen-bond donors (Lipinski definition) is 3. The van der Waals surface area contributed by atoms with Gasteiger partial charge in [0.1, 0.15) is 0 Å². The smallest absolute Gasteiger partial charge is 0.250 e. The highest BCUT2D eigenvalue weighted by Crippen LogP contribution is 2.29. The van der Waals surface area contributed by atoms with Crippen LogP contribution in [0.3, 0.4) is 0 Å². The fourth-order valence-corrected chi connectivity index (χ4v) is 1.87. The molecule has 1 aromatic carbocycles. The van der Waals surface area contributed by atoms with Crippen molar-refractivity contribution in [2.45, 2.75) is 13.5 Å². The molecule has 0 aliphatic heterocycles. The number of aromatic nitrogens is 2. The monoisotopic (exact) mass is 281 g/mol. The molecule has 0 saturated heterocycles. The Labute approximate surface area is 113 Å². The van der Waals surface area contributed by atoms with Crippen LogP contribution in [0.25, 0.3) is 0 Å². The Kier molecular flexibility index (Phi) is 3.57. The van der Waals surface area contributed by atoms with Crippen molar-refractivity contribution >= 4 is 28.9 Å². The van der Waals surface area contributed by atoms with Crippen molar-refractivity contribution in [3.63, 3.8) is 0 Å². The average molecular weight is 282 g/mol. The zero-order valence-corrected chi connectivity index (χ0v) is 10.9. The molecule has 0 spiro atoms. The summed E-state index contributed by atoms with van der Waals surface area (Å²) in [7, 11) is 0. The number of amides is 1. The SMILES string of the molecule is Cc1noc(CNc2c(Cl)cc(N)cc2C(N)=O)n1.